The molecule has 0 bridgehead atoms. The van der Waals surface area contributed by atoms with E-state index >= 15 is 0 Å². The van der Waals surface area contributed by atoms with Crippen molar-refractivity contribution in [3.8, 4) is 0 Å². The van der Waals surface area contributed by atoms with Crippen LogP contribution in [0.5, 0.6) is 0 Å². The van der Waals surface area contributed by atoms with E-state index in [4.69, 9.17) is 10.1 Å². The molecule has 0 spiro atoms. The van der Waals surface area contributed by atoms with Gasteiger partial charge in [0, 0.05) is 44.0 Å². The van der Waals surface area contributed by atoms with Crippen LogP contribution >= 0.6 is 0 Å². The molecule has 0 saturated carbocycles. The fourth-order valence-corrected chi connectivity index (χ4v) is 4.17. The van der Waals surface area contributed by atoms with E-state index in [1.807, 2.05) is 11.4 Å². The molecule has 2 aliphatic heterocycles. The third kappa shape index (κ3) is 3.55. The molecule has 0 aliphatic carbocycles. The number of fused-ring (bicyclic) bond motifs is 1. The molecule has 2 aromatic rings. The van der Waals surface area contributed by atoms with Crippen molar-refractivity contribution < 1.29 is 0 Å². The van der Waals surface area contributed by atoms with Gasteiger partial charge in [-0.15, -0.1) is 5.10 Å². The van der Waals surface area contributed by atoms with Crippen molar-refractivity contribution in [2.24, 2.45) is 0 Å². The lowest BCUT2D eigenvalue weighted by Gasteiger charge is -2.35. The van der Waals surface area contributed by atoms with Gasteiger partial charge in [-0.2, -0.15) is 9.50 Å². The van der Waals surface area contributed by atoms with Crippen LogP contribution in [0.4, 0.5) is 5.82 Å². The second-order valence-electron chi connectivity index (χ2n) is 7.73. The van der Waals surface area contributed by atoms with Crippen molar-refractivity contribution in [2.75, 3.05) is 44.2 Å². The highest BCUT2D eigenvalue weighted by molar-refractivity contribution is 5.48. The molecule has 1 atom stereocenters. The molecular weight excluding hydrogens is 326 g/mol. The first-order valence-corrected chi connectivity index (χ1v) is 10.1. The number of likely N-dealkylation sites (tertiary alicyclic amines) is 1. The number of piperazine rings is 1. The standard InChI is InChI=1S/C19H31N7/c1-4-23-9-11-24(12-10-23)18-13-15(2)20-19-21-17(22-26(18)19)14-25-8-6-5-7-16(25)3/h13,16H,4-12,14H2,1-3H3/t16-/m0/s1. The maximum absolute atomic E-state index is 4.84. The Morgan fingerprint density at radius 3 is 2.62 bits per heavy atom. The molecule has 2 saturated heterocycles. The summed E-state index contributed by atoms with van der Waals surface area (Å²) in [6.45, 7) is 14.0. The number of nitrogens with zero attached hydrogens (tertiary/aromatic N) is 7. The molecule has 4 rings (SSSR count). The Kier molecular flexibility index (Phi) is 5.09. The van der Waals surface area contributed by atoms with Gasteiger partial charge in [-0.3, -0.25) is 4.90 Å². The van der Waals surface area contributed by atoms with Gasteiger partial charge in [0.05, 0.1) is 6.54 Å². The van der Waals surface area contributed by atoms with Gasteiger partial charge in [-0.05, 0) is 39.8 Å². The predicted octanol–water partition coefficient (Wildman–Crippen LogP) is 1.95. The number of aromatic nitrogens is 4. The Hall–Kier alpha value is -1.73. The van der Waals surface area contributed by atoms with Crippen molar-refractivity contribution in [3.05, 3.63) is 17.6 Å². The Labute approximate surface area is 156 Å². The van der Waals surface area contributed by atoms with Crippen molar-refractivity contribution in [2.45, 2.75) is 52.6 Å². The van der Waals surface area contributed by atoms with Crippen LogP contribution in [0.1, 0.15) is 44.6 Å². The number of rotatable bonds is 4. The van der Waals surface area contributed by atoms with E-state index in [0.29, 0.717) is 6.04 Å². The highest BCUT2D eigenvalue weighted by Crippen LogP contribution is 2.21. The minimum Gasteiger partial charge on any atom is -0.354 e. The van der Waals surface area contributed by atoms with Crippen molar-refractivity contribution in [1.29, 1.82) is 0 Å². The van der Waals surface area contributed by atoms with Gasteiger partial charge in [-0.1, -0.05) is 13.3 Å². The maximum atomic E-state index is 4.84. The summed E-state index contributed by atoms with van der Waals surface area (Å²) in [4.78, 5) is 16.8. The van der Waals surface area contributed by atoms with Crippen LogP contribution in [0.3, 0.4) is 0 Å². The average Bonchev–Trinajstić information content (AvgIpc) is 3.05. The molecule has 142 valence electrons. The Morgan fingerprint density at radius 2 is 1.88 bits per heavy atom. The lowest BCUT2D eigenvalue weighted by molar-refractivity contribution is 0.149. The fourth-order valence-electron chi connectivity index (χ4n) is 4.17. The Balaban J connectivity index is 1.59. The zero-order valence-corrected chi connectivity index (χ0v) is 16.4. The van der Waals surface area contributed by atoms with Gasteiger partial charge in [0.1, 0.15) is 5.82 Å². The number of likely N-dealkylation sites (N-methyl/N-ethyl adjacent to an activating group) is 1. The third-order valence-electron chi connectivity index (χ3n) is 5.89. The van der Waals surface area contributed by atoms with Crippen LogP contribution in [0.15, 0.2) is 6.07 Å². The molecule has 7 heteroatoms. The molecule has 0 amide bonds. The highest BCUT2D eigenvalue weighted by atomic mass is 15.4. The summed E-state index contributed by atoms with van der Waals surface area (Å²) >= 11 is 0. The lowest BCUT2D eigenvalue weighted by atomic mass is 10.0. The summed E-state index contributed by atoms with van der Waals surface area (Å²) in [6.07, 6.45) is 3.89. The molecule has 0 N–H and O–H groups in total. The first-order chi connectivity index (χ1) is 12.6. The third-order valence-corrected chi connectivity index (χ3v) is 5.89. The van der Waals surface area contributed by atoms with Crippen molar-refractivity contribution >= 4 is 11.6 Å². The van der Waals surface area contributed by atoms with Gasteiger partial charge >= 0.3 is 0 Å². The summed E-state index contributed by atoms with van der Waals surface area (Å²) in [5.41, 5.74) is 1.01. The topological polar surface area (TPSA) is 52.8 Å². The van der Waals surface area contributed by atoms with Gasteiger partial charge in [0.15, 0.2) is 5.82 Å². The van der Waals surface area contributed by atoms with E-state index in [9.17, 15) is 0 Å². The molecule has 0 aromatic carbocycles. The van der Waals surface area contributed by atoms with Crippen LogP contribution in [0, 0.1) is 6.92 Å². The molecule has 2 aliphatic rings. The zero-order chi connectivity index (χ0) is 18.1. The number of aryl methyl sites for hydroxylation is 1. The average molecular weight is 358 g/mol. The minimum absolute atomic E-state index is 0.617. The van der Waals surface area contributed by atoms with Crippen LogP contribution in [0.25, 0.3) is 5.78 Å². The number of anilines is 1. The SMILES string of the molecule is CCN1CCN(c2cc(C)nc3nc(CN4CCCC[C@@H]4C)nn23)CC1. The summed E-state index contributed by atoms with van der Waals surface area (Å²) in [5, 5.41) is 4.84. The number of hydrogen-bond donors (Lipinski definition) is 0. The van der Waals surface area contributed by atoms with Crippen molar-refractivity contribution in [1.82, 2.24) is 29.4 Å². The first-order valence-electron chi connectivity index (χ1n) is 10.1. The molecule has 0 unspecified atom stereocenters. The zero-order valence-electron chi connectivity index (χ0n) is 16.4. The summed E-state index contributed by atoms with van der Waals surface area (Å²) in [5.74, 6) is 2.76. The second kappa shape index (κ2) is 7.48. The van der Waals surface area contributed by atoms with E-state index in [0.717, 1.165) is 68.9 Å². The molecule has 2 fully saturated rings. The van der Waals surface area contributed by atoms with Crippen LogP contribution in [-0.4, -0.2) is 74.7 Å². The monoisotopic (exact) mass is 357 g/mol. The van der Waals surface area contributed by atoms with E-state index < -0.39 is 0 Å². The maximum Gasteiger partial charge on any atom is 0.254 e. The van der Waals surface area contributed by atoms with Gasteiger partial charge < -0.3 is 9.80 Å². The first kappa shape index (κ1) is 17.7. The smallest absolute Gasteiger partial charge is 0.254 e. The summed E-state index contributed by atoms with van der Waals surface area (Å²) in [6, 6.07) is 2.77. The Bertz CT molecular complexity index is 748. The quantitative estimate of drug-likeness (QED) is 0.834. The Morgan fingerprint density at radius 1 is 1.08 bits per heavy atom. The van der Waals surface area contributed by atoms with Gasteiger partial charge in [0.25, 0.3) is 5.78 Å². The molecule has 2 aromatic heterocycles. The molecule has 0 radical (unpaired) electrons. The molecular formula is C19H31N7. The van der Waals surface area contributed by atoms with E-state index in [2.05, 4.69) is 39.6 Å². The molecule has 26 heavy (non-hydrogen) atoms. The molecule has 7 nitrogen and oxygen atoms in total. The van der Waals surface area contributed by atoms with E-state index in [1.165, 1.54) is 19.3 Å². The van der Waals surface area contributed by atoms with Crippen LogP contribution in [0.2, 0.25) is 0 Å². The van der Waals surface area contributed by atoms with Gasteiger partial charge in [0.2, 0.25) is 0 Å². The fraction of sp³-hybridized carbons (Fsp3) is 0.737. The lowest BCUT2D eigenvalue weighted by Crippen LogP contribution is -2.46. The highest BCUT2D eigenvalue weighted by Gasteiger charge is 2.23. The minimum atomic E-state index is 0.617. The summed E-state index contributed by atoms with van der Waals surface area (Å²) in [7, 11) is 0. The van der Waals surface area contributed by atoms with E-state index in [1.54, 1.807) is 0 Å². The second-order valence-corrected chi connectivity index (χ2v) is 7.73. The number of hydrogen-bond acceptors (Lipinski definition) is 6. The van der Waals surface area contributed by atoms with Crippen LogP contribution in [-0.2, 0) is 6.54 Å². The van der Waals surface area contributed by atoms with Crippen molar-refractivity contribution in [3.63, 3.8) is 0 Å². The van der Waals surface area contributed by atoms with Gasteiger partial charge in [-0.25, -0.2) is 4.98 Å². The number of piperidine rings is 1. The normalized spacial score (nSPS) is 23.0. The largest absolute Gasteiger partial charge is 0.354 e. The molecule has 4 heterocycles. The predicted molar refractivity (Wildman–Crippen MR) is 104 cm³/mol. The van der Waals surface area contributed by atoms with E-state index in [-0.39, 0.29) is 0 Å². The van der Waals surface area contributed by atoms with Crippen LogP contribution < -0.4 is 4.90 Å². The summed E-state index contributed by atoms with van der Waals surface area (Å²) < 4.78 is 1.96.